The highest BCUT2D eigenvalue weighted by Gasteiger charge is 2.31. The normalized spacial score (nSPS) is 16.9. The molecule has 2 fully saturated rings. The zero-order valence-electron chi connectivity index (χ0n) is 23.6. The molecule has 2 aliphatic rings. The van der Waals surface area contributed by atoms with Gasteiger partial charge in [0.15, 0.2) is 5.82 Å². The van der Waals surface area contributed by atoms with E-state index < -0.39 is 0 Å². The fraction of sp³-hybridized carbons (Fsp3) is 0.323. The summed E-state index contributed by atoms with van der Waals surface area (Å²) in [5.74, 6) is 1.53. The van der Waals surface area contributed by atoms with E-state index in [9.17, 15) is 9.90 Å². The Morgan fingerprint density at radius 2 is 1.81 bits per heavy atom. The number of H-pyrrole nitrogens is 1. The lowest BCUT2D eigenvalue weighted by molar-refractivity contribution is -0.122. The molecule has 4 aromatic rings. The topological polar surface area (TPSA) is 117 Å². The number of rotatable bonds is 11. The Kier molecular flexibility index (Phi) is 9.27. The van der Waals surface area contributed by atoms with Crippen molar-refractivity contribution in [3.63, 3.8) is 0 Å². The minimum absolute atomic E-state index is 0.0928. The van der Waals surface area contributed by atoms with E-state index in [-0.39, 0.29) is 11.7 Å². The number of aryl methyl sites for hydroxylation is 1. The average Bonchev–Trinajstić information content (AvgIpc) is 3.63. The van der Waals surface area contributed by atoms with Crippen LogP contribution >= 0.6 is 24.0 Å². The number of morpholine rings is 1. The molecule has 2 aliphatic heterocycles. The van der Waals surface area contributed by atoms with Crippen LogP contribution in [0.5, 0.6) is 11.5 Å². The number of nitrogens with zero attached hydrogens (tertiary/aromatic N) is 5. The number of phenolic OH excluding ortho intramolecular Hbond substituents is 1. The molecule has 12 heteroatoms. The molecule has 0 atom stereocenters. The van der Waals surface area contributed by atoms with Gasteiger partial charge >= 0.3 is 0 Å². The van der Waals surface area contributed by atoms with Gasteiger partial charge in [-0.2, -0.15) is 5.21 Å². The van der Waals surface area contributed by atoms with Crippen molar-refractivity contribution >= 4 is 51.1 Å². The average molecular weight is 617 g/mol. The molecule has 2 saturated heterocycles. The van der Waals surface area contributed by atoms with Crippen molar-refractivity contribution in [1.29, 1.82) is 0 Å². The first-order valence-electron chi connectivity index (χ1n) is 14.3. The standard InChI is InChI=1S/C31H32N6O4S2/c38-26-8-6-22-17-21(4-5-24(22)19-26)23-7-9-27(41-16-13-36-11-14-40-15-12-36)25(18-23)20-28-30(39)37(31(42)43-28)10-2-1-3-29-32-34-35-33-29/h4-9,17-20,38H,1-3,10-16H2,(H,32,33,34,35)/b28-20-. The summed E-state index contributed by atoms with van der Waals surface area (Å²) in [5.41, 5.74) is 2.85. The maximum absolute atomic E-state index is 13.4. The van der Waals surface area contributed by atoms with E-state index in [1.165, 1.54) is 11.8 Å². The second-order valence-electron chi connectivity index (χ2n) is 10.4. The zero-order valence-corrected chi connectivity index (χ0v) is 25.2. The monoisotopic (exact) mass is 616 g/mol. The molecule has 3 heterocycles. The molecule has 2 N–H and O–H groups in total. The van der Waals surface area contributed by atoms with Crippen LogP contribution in [0, 0.1) is 0 Å². The van der Waals surface area contributed by atoms with Crippen molar-refractivity contribution in [2.24, 2.45) is 0 Å². The van der Waals surface area contributed by atoms with Crippen LogP contribution in [-0.2, 0) is 16.0 Å². The van der Waals surface area contributed by atoms with Crippen molar-refractivity contribution in [2.45, 2.75) is 19.3 Å². The van der Waals surface area contributed by atoms with Crippen molar-refractivity contribution in [3.8, 4) is 22.6 Å². The zero-order chi connectivity index (χ0) is 29.6. The summed E-state index contributed by atoms with van der Waals surface area (Å²) in [4.78, 5) is 18.0. The molecule has 0 aliphatic carbocycles. The summed E-state index contributed by atoms with van der Waals surface area (Å²) in [5, 5.41) is 25.9. The third-order valence-corrected chi connectivity index (χ3v) is 8.90. The third-order valence-electron chi connectivity index (χ3n) is 7.52. The summed E-state index contributed by atoms with van der Waals surface area (Å²) in [7, 11) is 0. The fourth-order valence-corrected chi connectivity index (χ4v) is 6.47. The Hall–Kier alpha value is -3.84. The first-order chi connectivity index (χ1) is 21.0. The predicted octanol–water partition coefficient (Wildman–Crippen LogP) is 4.66. The number of nitrogens with one attached hydrogen (secondary N) is 1. The van der Waals surface area contributed by atoms with Crippen LogP contribution in [0.2, 0.25) is 0 Å². The Morgan fingerprint density at radius 1 is 1.02 bits per heavy atom. The molecule has 1 amide bonds. The van der Waals surface area contributed by atoms with E-state index in [4.69, 9.17) is 21.7 Å². The quantitative estimate of drug-likeness (QED) is 0.140. The molecule has 0 bridgehead atoms. The van der Waals surface area contributed by atoms with Gasteiger partial charge in [-0.3, -0.25) is 14.6 Å². The Balaban J connectivity index is 1.22. The van der Waals surface area contributed by atoms with E-state index in [1.54, 1.807) is 17.0 Å². The lowest BCUT2D eigenvalue weighted by atomic mass is 9.99. The van der Waals surface area contributed by atoms with Crippen molar-refractivity contribution in [2.75, 3.05) is 46.0 Å². The number of fused-ring (bicyclic) bond motifs is 1. The second-order valence-corrected chi connectivity index (χ2v) is 12.1. The number of hydrogen-bond donors (Lipinski definition) is 2. The number of hydrogen-bond acceptors (Lipinski definition) is 10. The number of ether oxygens (including phenoxy) is 2. The van der Waals surface area contributed by atoms with Crippen LogP contribution < -0.4 is 4.74 Å². The molecule has 43 heavy (non-hydrogen) atoms. The Labute approximate surface area is 259 Å². The van der Waals surface area contributed by atoms with E-state index in [2.05, 4.69) is 37.7 Å². The minimum Gasteiger partial charge on any atom is -0.508 e. The second kappa shape index (κ2) is 13.6. The smallest absolute Gasteiger partial charge is 0.266 e. The number of aromatic hydroxyl groups is 1. The number of thiocarbonyl (C=S) groups is 1. The number of thioether (sulfide) groups is 1. The molecular weight excluding hydrogens is 585 g/mol. The number of unbranched alkanes of at least 4 members (excludes halogenated alkanes) is 1. The van der Waals surface area contributed by atoms with Gasteiger partial charge in [-0.05, 0) is 71.1 Å². The first-order valence-corrected chi connectivity index (χ1v) is 15.5. The van der Waals surface area contributed by atoms with Crippen LogP contribution in [0.1, 0.15) is 24.2 Å². The number of aromatic nitrogens is 4. The van der Waals surface area contributed by atoms with Crippen molar-refractivity contribution < 1.29 is 19.4 Å². The molecule has 1 aromatic heterocycles. The van der Waals surface area contributed by atoms with Gasteiger partial charge in [0.25, 0.3) is 5.91 Å². The number of tetrazole rings is 1. The fourth-order valence-electron chi connectivity index (χ4n) is 5.17. The molecule has 6 rings (SSSR count). The van der Waals surface area contributed by atoms with Gasteiger partial charge in [0.05, 0.1) is 18.1 Å². The lowest BCUT2D eigenvalue weighted by Gasteiger charge is -2.26. The van der Waals surface area contributed by atoms with Gasteiger partial charge in [0, 0.05) is 38.2 Å². The number of carbonyl (C=O) groups is 1. The lowest BCUT2D eigenvalue weighted by Crippen LogP contribution is -2.38. The van der Waals surface area contributed by atoms with Gasteiger partial charge in [-0.25, -0.2) is 0 Å². The molecule has 0 radical (unpaired) electrons. The highest BCUT2D eigenvalue weighted by molar-refractivity contribution is 8.26. The van der Waals surface area contributed by atoms with E-state index in [0.29, 0.717) is 40.4 Å². The first kappa shape index (κ1) is 29.2. The molecule has 0 spiro atoms. The summed E-state index contributed by atoms with van der Waals surface area (Å²) in [6, 6.07) is 17.6. The Morgan fingerprint density at radius 3 is 2.65 bits per heavy atom. The van der Waals surface area contributed by atoms with Crippen LogP contribution in [0.4, 0.5) is 0 Å². The third kappa shape index (κ3) is 7.21. The minimum atomic E-state index is -0.0928. The maximum atomic E-state index is 13.4. The number of benzene rings is 3. The number of amides is 1. The Bertz CT molecular complexity index is 1640. The molecule has 0 unspecified atom stereocenters. The van der Waals surface area contributed by atoms with Gasteiger partial charge in [-0.15, -0.1) is 10.2 Å². The van der Waals surface area contributed by atoms with Gasteiger partial charge < -0.3 is 14.6 Å². The summed E-state index contributed by atoms with van der Waals surface area (Å²) >= 11 is 6.91. The summed E-state index contributed by atoms with van der Waals surface area (Å²) < 4.78 is 12.3. The van der Waals surface area contributed by atoms with Crippen molar-refractivity contribution in [1.82, 2.24) is 30.4 Å². The van der Waals surface area contributed by atoms with E-state index in [0.717, 1.165) is 73.2 Å². The molecule has 222 valence electrons. The summed E-state index contributed by atoms with van der Waals surface area (Å²) in [6.45, 7) is 5.14. The molecule has 0 saturated carbocycles. The van der Waals surface area contributed by atoms with Gasteiger partial charge in [0.1, 0.15) is 22.4 Å². The highest BCUT2D eigenvalue weighted by Crippen LogP contribution is 2.36. The van der Waals surface area contributed by atoms with Gasteiger partial charge in [-0.1, -0.05) is 53.5 Å². The van der Waals surface area contributed by atoms with Crippen LogP contribution in [0.25, 0.3) is 28.0 Å². The van der Waals surface area contributed by atoms with Gasteiger partial charge in [0.2, 0.25) is 0 Å². The highest BCUT2D eigenvalue weighted by atomic mass is 32.2. The molecule has 3 aromatic carbocycles. The van der Waals surface area contributed by atoms with Crippen LogP contribution in [-0.4, -0.2) is 91.8 Å². The summed E-state index contributed by atoms with van der Waals surface area (Å²) in [6.07, 6.45) is 4.18. The van der Waals surface area contributed by atoms with Crippen LogP contribution in [0.3, 0.4) is 0 Å². The van der Waals surface area contributed by atoms with Crippen LogP contribution in [0.15, 0.2) is 59.5 Å². The molecular formula is C31H32N6O4S2. The number of aromatic amines is 1. The largest absolute Gasteiger partial charge is 0.508 e. The molecule has 10 nitrogen and oxygen atoms in total. The van der Waals surface area contributed by atoms with E-state index in [1.807, 2.05) is 36.4 Å². The maximum Gasteiger partial charge on any atom is 0.266 e. The van der Waals surface area contributed by atoms with Crippen molar-refractivity contribution in [3.05, 3.63) is 70.9 Å². The predicted molar refractivity (Wildman–Crippen MR) is 171 cm³/mol. The number of phenols is 1. The van der Waals surface area contributed by atoms with E-state index >= 15 is 0 Å². The number of carbonyl (C=O) groups excluding carboxylic acids is 1. The SMILES string of the molecule is O=C1/C(=C/c2cc(-c3ccc4cc(O)ccc4c3)ccc2OCCN2CCOCC2)SC(=S)N1CCCCc1nn[nH]n1.